The number of halogens is 2. The van der Waals surface area contributed by atoms with Crippen molar-refractivity contribution in [2.24, 2.45) is 7.05 Å². The Kier molecular flexibility index (Phi) is 5.33. The largest absolute Gasteiger partial charge is 0.378 e. The lowest BCUT2D eigenvalue weighted by molar-refractivity contribution is 0.0990. The third-order valence-electron chi connectivity index (χ3n) is 3.95. The summed E-state index contributed by atoms with van der Waals surface area (Å²) in [5, 5.41) is 8.29. The Balaban J connectivity index is 1.73. The normalized spacial score (nSPS) is 16.1. The number of hydrogen-bond acceptors (Lipinski definition) is 6. The Hall–Kier alpha value is -2.00. The summed E-state index contributed by atoms with van der Waals surface area (Å²) >= 11 is 1.19. The third-order valence-corrected chi connectivity index (χ3v) is 5.09. The van der Waals surface area contributed by atoms with Crippen LogP contribution in [0.5, 0.6) is 0 Å². The molecule has 1 aliphatic heterocycles. The zero-order valence-electron chi connectivity index (χ0n) is 13.9. The standard InChI is InChI=1S/C16H18F2N4O2S/c1-10(14(23)12-4-3-11(17)9-13(12)18)25-16-20-19-15(21(16)2)22-5-7-24-8-6-22/h3-4,9-10H,5-8H2,1-2H3. The van der Waals surface area contributed by atoms with Gasteiger partial charge in [-0.2, -0.15) is 0 Å². The van der Waals surface area contributed by atoms with Crippen molar-refractivity contribution in [1.29, 1.82) is 0 Å². The van der Waals surface area contributed by atoms with Crippen LogP contribution in [0.1, 0.15) is 17.3 Å². The van der Waals surface area contributed by atoms with Gasteiger partial charge in [0.25, 0.3) is 0 Å². The number of rotatable bonds is 5. The number of carbonyl (C=O) groups excluding carboxylic acids is 1. The average Bonchev–Trinajstić information content (AvgIpc) is 2.96. The van der Waals surface area contributed by atoms with Crippen molar-refractivity contribution in [3.05, 3.63) is 35.4 Å². The lowest BCUT2D eigenvalue weighted by Crippen LogP contribution is -2.37. The fourth-order valence-corrected chi connectivity index (χ4v) is 3.45. The first-order valence-electron chi connectivity index (χ1n) is 7.85. The third kappa shape index (κ3) is 3.82. The minimum absolute atomic E-state index is 0.128. The van der Waals surface area contributed by atoms with Gasteiger partial charge >= 0.3 is 0 Å². The molecule has 0 N–H and O–H groups in total. The van der Waals surface area contributed by atoms with Crippen molar-refractivity contribution >= 4 is 23.5 Å². The van der Waals surface area contributed by atoms with E-state index in [0.717, 1.165) is 19.2 Å². The van der Waals surface area contributed by atoms with Crippen molar-refractivity contribution in [2.45, 2.75) is 17.3 Å². The molecule has 134 valence electrons. The van der Waals surface area contributed by atoms with Crippen molar-refractivity contribution < 1.29 is 18.3 Å². The summed E-state index contributed by atoms with van der Waals surface area (Å²) in [6.45, 7) is 4.39. The van der Waals surface area contributed by atoms with E-state index >= 15 is 0 Å². The number of ketones is 1. The highest BCUT2D eigenvalue weighted by atomic mass is 32.2. The van der Waals surface area contributed by atoms with Crippen LogP contribution >= 0.6 is 11.8 Å². The summed E-state index contributed by atoms with van der Waals surface area (Å²) < 4.78 is 33.9. The molecule has 1 atom stereocenters. The lowest BCUT2D eigenvalue weighted by Gasteiger charge is -2.27. The fourth-order valence-electron chi connectivity index (χ4n) is 2.57. The summed E-state index contributed by atoms with van der Waals surface area (Å²) in [5.74, 6) is -1.28. The molecule has 1 fully saturated rings. The van der Waals surface area contributed by atoms with E-state index in [4.69, 9.17) is 4.74 Å². The zero-order chi connectivity index (χ0) is 18.0. The molecule has 2 heterocycles. The summed E-state index contributed by atoms with van der Waals surface area (Å²) in [5.41, 5.74) is -0.128. The zero-order valence-corrected chi connectivity index (χ0v) is 14.7. The van der Waals surface area contributed by atoms with E-state index in [2.05, 4.69) is 15.1 Å². The second kappa shape index (κ2) is 7.49. The number of benzene rings is 1. The van der Waals surface area contributed by atoms with E-state index in [1.807, 2.05) is 7.05 Å². The van der Waals surface area contributed by atoms with Crippen molar-refractivity contribution in [2.75, 3.05) is 31.2 Å². The molecule has 0 amide bonds. The smallest absolute Gasteiger partial charge is 0.227 e. The molecule has 1 aromatic heterocycles. The van der Waals surface area contributed by atoms with Crippen LogP contribution in [-0.4, -0.2) is 52.1 Å². The quantitative estimate of drug-likeness (QED) is 0.596. The molecule has 9 heteroatoms. The number of aromatic nitrogens is 3. The summed E-state index contributed by atoms with van der Waals surface area (Å²) in [6.07, 6.45) is 0. The van der Waals surface area contributed by atoms with Gasteiger partial charge in [-0.25, -0.2) is 8.78 Å². The maximum absolute atomic E-state index is 13.8. The highest BCUT2D eigenvalue weighted by molar-refractivity contribution is 8.00. The molecule has 3 rings (SSSR count). The Morgan fingerprint density at radius 3 is 2.68 bits per heavy atom. The van der Waals surface area contributed by atoms with Gasteiger partial charge in [0.1, 0.15) is 11.6 Å². The number of nitrogens with zero attached hydrogens (tertiary/aromatic N) is 4. The molecule has 0 spiro atoms. The van der Waals surface area contributed by atoms with Gasteiger partial charge in [-0.15, -0.1) is 10.2 Å². The van der Waals surface area contributed by atoms with Crippen LogP contribution in [0.25, 0.3) is 0 Å². The number of ether oxygens (including phenoxy) is 1. The van der Waals surface area contributed by atoms with Gasteiger partial charge in [0.2, 0.25) is 5.95 Å². The molecule has 1 aromatic carbocycles. The number of carbonyl (C=O) groups is 1. The molecule has 0 radical (unpaired) electrons. The molecule has 2 aromatic rings. The maximum atomic E-state index is 13.8. The van der Waals surface area contributed by atoms with Crippen LogP contribution in [0.2, 0.25) is 0 Å². The van der Waals surface area contributed by atoms with E-state index in [1.54, 1.807) is 11.5 Å². The summed E-state index contributed by atoms with van der Waals surface area (Å²) in [7, 11) is 1.82. The van der Waals surface area contributed by atoms with E-state index in [-0.39, 0.29) is 5.56 Å². The molecule has 6 nitrogen and oxygen atoms in total. The Morgan fingerprint density at radius 1 is 1.28 bits per heavy atom. The van der Waals surface area contributed by atoms with Gasteiger partial charge < -0.3 is 9.64 Å². The molecular formula is C16H18F2N4O2S. The predicted molar refractivity (Wildman–Crippen MR) is 90.0 cm³/mol. The second-order valence-electron chi connectivity index (χ2n) is 5.69. The number of Topliss-reactive ketones (excluding diaryl/α,β-unsaturated/α-hetero) is 1. The summed E-state index contributed by atoms with van der Waals surface area (Å²) in [4.78, 5) is 14.5. The predicted octanol–water partition coefficient (Wildman–Crippen LogP) is 2.29. The van der Waals surface area contributed by atoms with Crippen molar-refractivity contribution in [3.63, 3.8) is 0 Å². The first-order valence-corrected chi connectivity index (χ1v) is 8.73. The average molecular weight is 368 g/mol. The number of anilines is 1. The second-order valence-corrected chi connectivity index (χ2v) is 7.00. The highest BCUT2D eigenvalue weighted by Crippen LogP contribution is 2.27. The molecule has 0 bridgehead atoms. The van der Waals surface area contributed by atoms with Gasteiger partial charge in [0, 0.05) is 26.2 Å². The van der Waals surface area contributed by atoms with Gasteiger partial charge in [-0.3, -0.25) is 9.36 Å². The molecule has 0 saturated carbocycles. The van der Waals surface area contributed by atoms with Crippen LogP contribution < -0.4 is 4.90 Å². The number of morpholine rings is 1. The van der Waals surface area contributed by atoms with Crippen LogP contribution in [-0.2, 0) is 11.8 Å². The SMILES string of the molecule is CC(Sc1nnc(N2CCOCC2)n1C)C(=O)c1ccc(F)cc1F. The highest BCUT2D eigenvalue weighted by Gasteiger charge is 2.24. The lowest BCUT2D eigenvalue weighted by atomic mass is 10.1. The first kappa shape index (κ1) is 17.8. The molecule has 1 unspecified atom stereocenters. The van der Waals surface area contributed by atoms with Gasteiger partial charge in [0.05, 0.1) is 24.0 Å². The van der Waals surface area contributed by atoms with Crippen LogP contribution in [0, 0.1) is 11.6 Å². The van der Waals surface area contributed by atoms with Crippen LogP contribution in [0.4, 0.5) is 14.7 Å². The molecular weight excluding hydrogens is 350 g/mol. The van der Waals surface area contributed by atoms with E-state index in [9.17, 15) is 13.6 Å². The minimum atomic E-state index is -0.857. The number of thioether (sulfide) groups is 1. The van der Waals surface area contributed by atoms with Crippen LogP contribution in [0.3, 0.4) is 0 Å². The Morgan fingerprint density at radius 2 is 2.00 bits per heavy atom. The van der Waals surface area contributed by atoms with E-state index < -0.39 is 22.7 Å². The van der Waals surface area contributed by atoms with Crippen molar-refractivity contribution in [3.8, 4) is 0 Å². The molecule has 0 aliphatic carbocycles. The fraction of sp³-hybridized carbons (Fsp3) is 0.438. The van der Waals surface area contributed by atoms with E-state index in [1.165, 1.54) is 17.8 Å². The minimum Gasteiger partial charge on any atom is -0.378 e. The monoisotopic (exact) mass is 368 g/mol. The Bertz CT molecular complexity index is 777. The topological polar surface area (TPSA) is 60.2 Å². The maximum Gasteiger partial charge on any atom is 0.227 e. The first-order chi connectivity index (χ1) is 12.0. The van der Waals surface area contributed by atoms with Gasteiger partial charge in [-0.05, 0) is 19.1 Å². The molecule has 25 heavy (non-hydrogen) atoms. The van der Waals surface area contributed by atoms with Crippen LogP contribution in [0.15, 0.2) is 23.4 Å². The van der Waals surface area contributed by atoms with E-state index in [0.29, 0.717) is 30.4 Å². The summed E-state index contributed by atoms with van der Waals surface area (Å²) in [6, 6.07) is 2.95. The Labute approximate surface area is 148 Å². The molecule has 1 saturated heterocycles. The van der Waals surface area contributed by atoms with Gasteiger partial charge in [-0.1, -0.05) is 11.8 Å². The van der Waals surface area contributed by atoms with Gasteiger partial charge in [0.15, 0.2) is 10.9 Å². The number of hydrogen-bond donors (Lipinski definition) is 0. The van der Waals surface area contributed by atoms with Crippen molar-refractivity contribution in [1.82, 2.24) is 14.8 Å². The molecule has 1 aliphatic rings.